The smallest absolute Gasteiger partial charge is 0.238 e. The standard InChI is InChI=1S/C16H30N2O3/c1-2-18-16(15(17)19)9-5-6-13(16)8-11-20-12-14-7-3-4-10-21-14/h13-14,18H,2-12H2,1H3,(H2,17,19). The van der Waals surface area contributed by atoms with Gasteiger partial charge in [-0.1, -0.05) is 13.3 Å². The molecule has 122 valence electrons. The lowest BCUT2D eigenvalue weighted by atomic mass is 9.84. The zero-order valence-corrected chi connectivity index (χ0v) is 13.2. The molecule has 1 saturated heterocycles. The first kappa shape index (κ1) is 16.7. The summed E-state index contributed by atoms with van der Waals surface area (Å²) in [5.41, 5.74) is 5.15. The molecule has 0 aromatic carbocycles. The monoisotopic (exact) mass is 298 g/mol. The predicted octanol–water partition coefficient (Wildman–Crippen LogP) is 1.60. The van der Waals surface area contributed by atoms with Crippen molar-refractivity contribution in [3.63, 3.8) is 0 Å². The van der Waals surface area contributed by atoms with E-state index in [4.69, 9.17) is 15.2 Å². The quantitative estimate of drug-likeness (QED) is 0.668. The number of likely N-dealkylation sites (N-methyl/N-ethyl adjacent to an activating group) is 1. The second-order valence-electron chi connectivity index (χ2n) is 6.31. The molecule has 0 spiro atoms. The van der Waals surface area contributed by atoms with Gasteiger partial charge in [0.2, 0.25) is 5.91 Å². The highest BCUT2D eigenvalue weighted by molar-refractivity contribution is 5.85. The Bertz CT molecular complexity index is 331. The Morgan fingerprint density at radius 3 is 2.90 bits per heavy atom. The second-order valence-corrected chi connectivity index (χ2v) is 6.31. The summed E-state index contributed by atoms with van der Waals surface area (Å²) in [6.45, 7) is 5.03. The topological polar surface area (TPSA) is 73.6 Å². The fourth-order valence-electron chi connectivity index (χ4n) is 3.81. The lowest BCUT2D eigenvalue weighted by Gasteiger charge is -2.33. The van der Waals surface area contributed by atoms with E-state index in [0.717, 1.165) is 45.3 Å². The van der Waals surface area contributed by atoms with Crippen LogP contribution in [0.25, 0.3) is 0 Å². The summed E-state index contributed by atoms with van der Waals surface area (Å²) in [5.74, 6) is 0.0877. The summed E-state index contributed by atoms with van der Waals surface area (Å²) in [5, 5.41) is 3.34. The molecule has 2 fully saturated rings. The number of amides is 1. The fourth-order valence-corrected chi connectivity index (χ4v) is 3.81. The molecule has 3 atom stereocenters. The Morgan fingerprint density at radius 1 is 1.38 bits per heavy atom. The highest BCUT2D eigenvalue weighted by Crippen LogP contribution is 2.37. The molecule has 0 radical (unpaired) electrons. The zero-order chi connectivity index (χ0) is 15.1. The summed E-state index contributed by atoms with van der Waals surface area (Å²) in [6, 6.07) is 0. The lowest BCUT2D eigenvalue weighted by molar-refractivity contribution is -0.126. The van der Waals surface area contributed by atoms with Crippen LogP contribution in [0.3, 0.4) is 0 Å². The Kier molecular flexibility index (Phi) is 6.45. The Morgan fingerprint density at radius 2 is 2.24 bits per heavy atom. The third-order valence-electron chi connectivity index (χ3n) is 4.94. The normalized spacial score (nSPS) is 33.2. The molecule has 3 unspecified atom stereocenters. The van der Waals surface area contributed by atoms with Gasteiger partial charge in [-0.05, 0) is 51.0 Å². The summed E-state index contributed by atoms with van der Waals surface area (Å²) >= 11 is 0. The SMILES string of the molecule is CCNC1(C(N)=O)CCCC1CCOCC1CCCCO1. The molecule has 0 aromatic rings. The van der Waals surface area contributed by atoms with E-state index >= 15 is 0 Å². The van der Waals surface area contributed by atoms with E-state index in [1.54, 1.807) is 0 Å². The van der Waals surface area contributed by atoms with E-state index in [1.165, 1.54) is 12.8 Å². The van der Waals surface area contributed by atoms with Crippen molar-refractivity contribution in [3.05, 3.63) is 0 Å². The van der Waals surface area contributed by atoms with E-state index < -0.39 is 5.54 Å². The number of hydrogen-bond donors (Lipinski definition) is 2. The van der Waals surface area contributed by atoms with Gasteiger partial charge in [0.15, 0.2) is 0 Å². The maximum absolute atomic E-state index is 11.9. The Labute approximate surface area is 127 Å². The third-order valence-corrected chi connectivity index (χ3v) is 4.94. The molecule has 1 heterocycles. The number of nitrogens with two attached hydrogens (primary N) is 1. The van der Waals surface area contributed by atoms with E-state index in [2.05, 4.69) is 5.32 Å². The minimum absolute atomic E-state index is 0.206. The molecule has 0 aromatic heterocycles. The number of nitrogens with one attached hydrogen (secondary N) is 1. The molecule has 0 bridgehead atoms. The van der Waals surface area contributed by atoms with Gasteiger partial charge in [-0.15, -0.1) is 0 Å². The first-order valence-electron chi connectivity index (χ1n) is 8.43. The summed E-state index contributed by atoms with van der Waals surface area (Å²) in [6.07, 6.45) is 7.63. The predicted molar refractivity (Wildman–Crippen MR) is 82.0 cm³/mol. The highest BCUT2D eigenvalue weighted by atomic mass is 16.5. The van der Waals surface area contributed by atoms with Gasteiger partial charge in [0.25, 0.3) is 0 Å². The van der Waals surface area contributed by atoms with Crippen LogP contribution >= 0.6 is 0 Å². The molecule has 5 heteroatoms. The molecule has 1 amide bonds. The summed E-state index contributed by atoms with van der Waals surface area (Å²) in [7, 11) is 0. The minimum Gasteiger partial charge on any atom is -0.379 e. The van der Waals surface area contributed by atoms with Crippen LogP contribution in [0.15, 0.2) is 0 Å². The molecule has 5 nitrogen and oxygen atoms in total. The maximum Gasteiger partial charge on any atom is 0.238 e. The van der Waals surface area contributed by atoms with Crippen molar-refractivity contribution in [1.82, 2.24) is 5.32 Å². The molecule has 1 aliphatic heterocycles. The van der Waals surface area contributed by atoms with Gasteiger partial charge in [-0.2, -0.15) is 0 Å². The van der Waals surface area contributed by atoms with E-state index in [9.17, 15) is 4.79 Å². The van der Waals surface area contributed by atoms with Gasteiger partial charge in [-0.25, -0.2) is 0 Å². The number of primary amides is 1. The second kappa shape index (κ2) is 8.11. The fraction of sp³-hybridized carbons (Fsp3) is 0.938. The van der Waals surface area contributed by atoms with Crippen LogP contribution in [0, 0.1) is 5.92 Å². The molecule has 3 N–H and O–H groups in total. The lowest BCUT2D eigenvalue weighted by Crippen LogP contribution is -2.58. The van der Waals surface area contributed by atoms with Gasteiger partial charge in [-0.3, -0.25) is 4.79 Å². The molecular weight excluding hydrogens is 268 g/mol. The van der Waals surface area contributed by atoms with Crippen LogP contribution in [-0.2, 0) is 14.3 Å². The Balaban J connectivity index is 1.74. The van der Waals surface area contributed by atoms with Crippen molar-refractivity contribution in [2.24, 2.45) is 11.7 Å². The van der Waals surface area contributed by atoms with Crippen molar-refractivity contribution in [3.8, 4) is 0 Å². The number of carbonyl (C=O) groups excluding carboxylic acids is 1. The van der Waals surface area contributed by atoms with Crippen molar-refractivity contribution in [1.29, 1.82) is 0 Å². The number of rotatable bonds is 8. The minimum atomic E-state index is -0.514. The van der Waals surface area contributed by atoms with Crippen LogP contribution in [0.4, 0.5) is 0 Å². The summed E-state index contributed by atoms with van der Waals surface area (Å²) < 4.78 is 11.4. The van der Waals surface area contributed by atoms with E-state index in [1.807, 2.05) is 6.92 Å². The van der Waals surface area contributed by atoms with Crippen LogP contribution in [0.1, 0.15) is 51.9 Å². The average Bonchev–Trinajstić information content (AvgIpc) is 2.89. The van der Waals surface area contributed by atoms with Gasteiger partial charge >= 0.3 is 0 Å². The van der Waals surface area contributed by atoms with Crippen LogP contribution in [0.5, 0.6) is 0 Å². The van der Waals surface area contributed by atoms with E-state index in [-0.39, 0.29) is 12.0 Å². The molecule has 21 heavy (non-hydrogen) atoms. The summed E-state index contributed by atoms with van der Waals surface area (Å²) in [4.78, 5) is 11.9. The van der Waals surface area contributed by atoms with Crippen LogP contribution < -0.4 is 11.1 Å². The van der Waals surface area contributed by atoms with Crippen LogP contribution in [-0.4, -0.2) is 43.9 Å². The molecular formula is C16H30N2O3. The first-order valence-corrected chi connectivity index (χ1v) is 8.43. The largest absolute Gasteiger partial charge is 0.379 e. The Hall–Kier alpha value is -0.650. The van der Waals surface area contributed by atoms with Crippen molar-refractivity contribution in [2.45, 2.75) is 63.5 Å². The highest BCUT2D eigenvalue weighted by Gasteiger charge is 2.46. The van der Waals surface area contributed by atoms with Gasteiger partial charge in [0, 0.05) is 13.2 Å². The third kappa shape index (κ3) is 4.18. The zero-order valence-electron chi connectivity index (χ0n) is 13.2. The average molecular weight is 298 g/mol. The molecule has 1 saturated carbocycles. The van der Waals surface area contributed by atoms with Gasteiger partial charge < -0.3 is 20.5 Å². The van der Waals surface area contributed by atoms with Crippen molar-refractivity contribution >= 4 is 5.91 Å². The van der Waals surface area contributed by atoms with Crippen molar-refractivity contribution < 1.29 is 14.3 Å². The molecule has 2 rings (SSSR count). The van der Waals surface area contributed by atoms with Crippen molar-refractivity contribution in [2.75, 3.05) is 26.4 Å². The number of hydrogen-bond acceptors (Lipinski definition) is 4. The maximum atomic E-state index is 11.9. The number of ether oxygens (including phenoxy) is 2. The molecule has 2 aliphatic rings. The van der Waals surface area contributed by atoms with Gasteiger partial charge in [0.1, 0.15) is 5.54 Å². The molecule has 1 aliphatic carbocycles. The number of carbonyl (C=O) groups is 1. The van der Waals surface area contributed by atoms with Crippen LogP contribution in [0.2, 0.25) is 0 Å². The first-order chi connectivity index (χ1) is 10.2. The van der Waals surface area contributed by atoms with Gasteiger partial charge in [0.05, 0.1) is 12.7 Å². The van der Waals surface area contributed by atoms with E-state index in [0.29, 0.717) is 19.1 Å².